The smallest absolute Gasteiger partial charge is 0.0622 e. The van der Waals surface area contributed by atoms with Crippen molar-refractivity contribution in [2.75, 3.05) is 0 Å². The summed E-state index contributed by atoms with van der Waals surface area (Å²) in [5.74, 6) is 0. The Bertz CT molecular complexity index is 855. The Morgan fingerprint density at radius 3 is 0.862 bits per heavy atom. The molecule has 0 amide bonds. The van der Waals surface area contributed by atoms with Crippen LogP contribution in [0.25, 0.3) is 0 Å². The fraction of sp³-hybridized carbons (Fsp3) is 0.0769. The van der Waals surface area contributed by atoms with Gasteiger partial charge in [0.25, 0.3) is 0 Å². The van der Waals surface area contributed by atoms with Gasteiger partial charge in [-0.15, -0.1) is 0 Å². The third kappa shape index (κ3) is 4.38. The van der Waals surface area contributed by atoms with E-state index in [9.17, 15) is 0 Å². The molecule has 0 bridgehead atoms. The quantitative estimate of drug-likeness (QED) is 0.323. The molecule has 4 rings (SSSR count). The average Bonchev–Trinajstić information content (AvgIpc) is 2.77. The van der Waals surface area contributed by atoms with Gasteiger partial charge in [-0.05, 0) is 41.9 Å². The Labute approximate surface area is 177 Å². The second-order valence-electron chi connectivity index (χ2n) is 7.51. The Balaban J connectivity index is 1.91. The first kappa shape index (κ1) is 20.1. The van der Waals surface area contributed by atoms with Crippen molar-refractivity contribution in [2.24, 2.45) is 0 Å². The van der Waals surface area contributed by atoms with Gasteiger partial charge in [-0.1, -0.05) is 128 Å². The Morgan fingerprint density at radius 2 is 0.655 bits per heavy atom. The van der Waals surface area contributed by atoms with E-state index in [0.717, 1.165) is 0 Å². The molecule has 0 unspecified atom stereocenters. The van der Waals surface area contributed by atoms with Gasteiger partial charge in [-0.2, -0.15) is 0 Å². The van der Waals surface area contributed by atoms with Crippen molar-refractivity contribution in [1.29, 1.82) is 0 Å². The molecule has 142 valence electrons. The number of hydrogen-bond acceptors (Lipinski definition) is 0. The standard InChI is InChI=1S/C26H25BP2/c1-26(27,28(22-14-6-2-7-15-22)23-16-8-3-9-17-23)29(24-18-10-4-11-19-24)25-20-12-5-13-21-25/h2-21H,27H2,1H3. The van der Waals surface area contributed by atoms with Crippen LogP contribution in [0.15, 0.2) is 121 Å². The Morgan fingerprint density at radius 1 is 0.448 bits per heavy atom. The van der Waals surface area contributed by atoms with E-state index in [4.69, 9.17) is 0 Å². The van der Waals surface area contributed by atoms with Crippen LogP contribution in [0.1, 0.15) is 6.92 Å². The molecule has 0 saturated heterocycles. The highest BCUT2D eigenvalue weighted by Crippen LogP contribution is 2.62. The van der Waals surface area contributed by atoms with Gasteiger partial charge in [-0.25, -0.2) is 0 Å². The summed E-state index contributed by atoms with van der Waals surface area (Å²) in [5.41, 5.74) is 0. The molecular formula is C26H25BP2. The third-order valence-corrected chi connectivity index (χ3v) is 11.8. The van der Waals surface area contributed by atoms with Gasteiger partial charge in [-0.3, -0.25) is 0 Å². The van der Waals surface area contributed by atoms with Crippen LogP contribution in [-0.2, 0) is 0 Å². The number of rotatable bonds is 6. The van der Waals surface area contributed by atoms with Crippen LogP contribution in [0, 0.1) is 0 Å². The molecule has 0 fully saturated rings. The van der Waals surface area contributed by atoms with Crippen molar-refractivity contribution in [2.45, 2.75) is 11.7 Å². The SMILES string of the molecule is BC(C)(P(c1ccccc1)c1ccccc1)P(c1ccccc1)c1ccccc1. The first-order valence-corrected chi connectivity index (χ1v) is 12.7. The zero-order valence-electron chi connectivity index (χ0n) is 16.9. The highest BCUT2D eigenvalue weighted by molar-refractivity contribution is 7.92. The van der Waals surface area contributed by atoms with Crippen LogP contribution in [-0.4, -0.2) is 12.6 Å². The largest absolute Gasteiger partial charge is 0.122 e. The van der Waals surface area contributed by atoms with Gasteiger partial charge in [0.2, 0.25) is 0 Å². The second kappa shape index (κ2) is 9.08. The Hall–Kier alpha value is -2.20. The monoisotopic (exact) mass is 410 g/mol. The lowest BCUT2D eigenvalue weighted by molar-refractivity contribution is 1.27. The maximum atomic E-state index is 2.48. The van der Waals surface area contributed by atoms with E-state index in [1.54, 1.807) is 0 Å². The van der Waals surface area contributed by atoms with Crippen molar-refractivity contribution in [1.82, 2.24) is 0 Å². The maximum absolute atomic E-state index is 2.48. The first-order chi connectivity index (χ1) is 14.2. The third-order valence-electron chi connectivity index (χ3n) is 5.15. The minimum atomic E-state index is -0.552. The number of benzene rings is 4. The summed E-state index contributed by atoms with van der Waals surface area (Å²) in [6, 6.07) is 44.4. The van der Waals surface area contributed by atoms with Crippen LogP contribution in [0.4, 0.5) is 0 Å². The molecule has 0 spiro atoms. The fourth-order valence-electron chi connectivity index (χ4n) is 3.97. The first-order valence-electron chi connectivity index (χ1n) is 9.98. The summed E-state index contributed by atoms with van der Waals surface area (Å²) in [4.78, 5) is 0.0794. The summed E-state index contributed by atoms with van der Waals surface area (Å²) in [5, 5.41) is 5.77. The molecule has 4 aromatic carbocycles. The molecule has 4 aromatic rings. The molecule has 0 aromatic heterocycles. The summed E-state index contributed by atoms with van der Waals surface area (Å²) in [6.45, 7) is 2.48. The highest BCUT2D eigenvalue weighted by Gasteiger charge is 2.40. The van der Waals surface area contributed by atoms with Crippen LogP contribution in [0.2, 0.25) is 0 Å². The minimum Gasteiger partial charge on any atom is -0.0622 e. The van der Waals surface area contributed by atoms with Crippen molar-refractivity contribution >= 4 is 44.9 Å². The molecule has 0 aliphatic rings. The van der Waals surface area contributed by atoms with Gasteiger partial charge < -0.3 is 0 Å². The molecule has 0 N–H and O–H groups in total. The summed E-state index contributed by atoms with van der Waals surface area (Å²) >= 11 is 0. The predicted molar refractivity (Wildman–Crippen MR) is 135 cm³/mol. The van der Waals surface area contributed by atoms with E-state index in [1.807, 2.05) is 0 Å². The average molecular weight is 410 g/mol. The van der Waals surface area contributed by atoms with Crippen molar-refractivity contribution in [3.05, 3.63) is 121 Å². The molecule has 3 heteroatoms. The normalized spacial score (nSPS) is 11.7. The van der Waals surface area contributed by atoms with Crippen LogP contribution in [0.3, 0.4) is 0 Å². The van der Waals surface area contributed by atoms with Gasteiger partial charge >= 0.3 is 0 Å². The van der Waals surface area contributed by atoms with Crippen molar-refractivity contribution in [3.8, 4) is 0 Å². The molecule has 29 heavy (non-hydrogen) atoms. The molecule has 0 radical (unpaired) electrons. The highest BCUT2D eigenvalue weighted by atomic mass is 31.2. The lowest BCUT2D eigenvalue weighted by Crippen LogP contribution is -2.37. The Kier molecular flexibility index (Phi) is 6.29. The fourth-order valence-corrected chi connectivity index (χ4v) is 11.2. The van der Waals surface area contributed by atoms with Gasteiger partial charge in [0, 0.05) is 0 Å². The van der Waals surface area contributed by atoms with E-state index >= 15 is 0 Å². The van der Waals surface area contributed by atoms with Gasteiger partial charge in [0.1, 0.15) is 7.85 Å². The molecule has 0 nitrogen and oxygen atoms in total. The molecular weight excluding hydrogens is 385 g/mol. The van der Waals surface area contributed by atoms with Gasteiger partial charge in [0.05, 0.1) is 0 Å². The predicted octanol–water partition coefficient (Wildman–Crippen LogP) is 4.56. The van der Waals surface area contributed by atoms with Gasteiger partial charge in [0.15, 0.2) is 0 Å². The van der Waals surface area contributed by atoms with Crippen molar-refractivity contribution in [3.63, 3.8) is 0 Å². The lowest BCUT2D eigenvalue weighted by Gasteiger charge is -2.43. The van der Waals surface area contributed by atoms with E-state index in [-0.39, 0.29) is 4.80 Å². The maximum Gasteiger partial charge on any atom is 0.122 e. The van der Waals surface area contributed by atoms with Crippen LogP contribution >= 0.6 is 15.8 Å². The second-order valence-corrected chi connectivity index (χ2v) is 13.5. The summed E-state index contributed by atoms with van der Waals surface area (Å²) in [7, 11) is 1.37. The summed E-state index contributed by atoms with van der Waals surface area (Å²) < 4.78 is 0. The molecule has 0 saturated carbocycles. The van der Waals surface area contributed by atoms with E-state index in [0.29, 0.717) is 0 Å². The zero-order chi connectivity index (χ0) is 20.1. The summed E-state index contributed by atoms with van der Waals surface area (Å²) in [6.07, 6.45) is 0. The van der Waals surface area contributed by atoms with Crippen LogP contribution < -0.4 is 21.2 Å². The van der Waals surface area contributed by atoms with Crippen molar-refractivity contribution < 1.29 is 0 Å². The molecule has 0 aliphatic heterocycles. The molecule has 0 heterocycles. The van der Waals surface area contributed by atoms with E-state index in [1.165, 1.54) is 21.2 Å². The zero-order valence-corrected chi connectivity index (χ0v) is 18.7. The van der Waals surface area contributed by atoms with E-state index in [2.05, 4.69) is 136 Å². The lowest BCUT2D eigenvalue weighted by atomic mass is 10.1. The van der Waals surface area contributed by atoms with Crippen LogP contribution in [0.5, 0.6) is 0 Å². The minimum absolute atomic E-state index is 0.0794. The van der Waals surface area contributed by atoms with E-state index < -0.39 is 15.8 Å². The molecule has 0 aliphatic carbocycles. The number of hydrogen-bond donors (Lipinski definition) is 0. The topological polar surface area (TPSA) is 0 Å². The molecule has 0 atom stereocenters.